The number of aromatic nitrogens is 1. The van der Waals surface area contributed by atoms with Crippen molar-refractivity contribution < 1.29 is 18.4 Å². The quantitative estimate of drug-likeness (QED) is 0.446. The number of carbonyl (C=O) groups is 2. The Hall–Kier alpha value is -2.59. The van der Waals surface area contributed by atoms with Crippen molar-refractivity contribution in [1.82, 2.24) is 20.5 Å². The number of halogens is 2. The highest BCUT2D eigenvalue weighted by Crippen LogP contribution is 2.20. The Kier molecular flexibility index (Phi) is 9.98. The van der Waals surface area contributed by atoms with Crippen molar-refractivity contribution in [1.29, 1.82) is 0 Å². The molecular formula is C22H31F2N5O2S. The van der Waals surface area contributed by atoms with Gasteiger partial charge in [0.05, 0.1) is 18.5 Å². The number of hydrogen-bond acceptors (Lipinski definition) is 6. The summed E-state index contributed by atoms with van der Waals surface area (Å²) in [6, 6.07) is 2.94. The monoisotopic (exact) mass is 467 g/mol. The Morgan fingerprint density at radius 1 is 1.12 bits per heavy atom. The van der Waals surface area contributed by atoms with Crippen molar-refractivity contribution in [2.75, 3.05) is 25.4 Å². The number of nitrogen functional groups attached to an aromatic ring is 1. The van der Waals surface area contributed by atoms with Crippen LogP contribution in [0.4, 0.5) is 13.9 Å². The number of amides is 2. The van der Waals surface area contributed by atoms with E-state index in [0.29, 0.717) is 5.13 Å². The van der Waals surface area contributed by atoms with E-state index in [1.54, 1.807) is 6.20 Å². The number of thiazole rings is 1. The highest BCUT2D eigenvalue weighted by atomic mass is 32.1. The second-order valence-corrected chi connectivity index (χ2v) is 8.71. The molecule has 0 aliphatic carbocycles. The summed E-state index contributed by atoms with van der Waals surface area (Å²) in [6.45, 7) is 7.64. The van der Waals surface area contributed by atoms with Gasteiger partial charge >= 0.3 is 0 Å². The second kappa shape index (κ2) is 12.4. The van der Waals surface area contributed by atoms with Crippen LogP contribution in [0.5, 0.6) is 0 Å². The van der Waals surface area contributed by atoms with Crippen molar-refractivity contribution in [2.45, 2.75) is 52.1 Å². The van der Waals surface area contributed by atoms with Crippen LogP contribution in [0, 0.1) is 11.6 Å². The van der Waals surface area contributed by atoms with Crippen molar-refractivity contribution in [3.05, 3.63) is 46.5 Å². The standard InChI is InChI=1S/C22H31F2N5O2S/c1-4-8-29(9-5-2)14(3)20(30)27-13-17(15-6-7-18(23)19(24)10-15)21(31)26-11-16-12-28-22(25)32-16/h6-7,10,12,14,17H,4-5,8-9,11,13H2,1-3H3,(H2,25,28)(H,26,31)(H,27,30)/t14-,17-/m0/s1. The molecule has 4 N–H and O–H groups in total. The summed E-state index contributed by atoms with van der Waals surface area (Å²) in [5.74, 6) is -3.58. The zero-order valence-electron chi connectivity index (χ0n) is 18.7. The number of benzene rings is 1. The molecule has 1 aromatic heterocycles. The van der Waals surface area contributed by atoms with Crippen LogP contribution in [0.3, 0.4) is 0 Å². The van der Waals surface area contributed by atoms with Gasteiger partial charge in [-0.25, -0.2) is 13.8 Å². The fraction of sp³-hybridized carbons (Fsp3) is 0.500. The summed E-state index contributed by atoms with van der Waals surface area (Å²) in [4.78, 5) is 32.4. The average molecular weight is 468 g/mol. The van der Waals surface area contributed by atoms with Crippen molar-refractivity contribution >= 4 is 28.3 Å². The lowest BCUT2D eigenvalue weighted by atomic mass is 9.97. The van der Waals surface area contributed by atoms with Gasteiger partial charge in [-0.05, 0) is 50.6 Å². The van der Waals surface area contributed by atoms with Gasteiger partial charge in [-0.1, -0.05) is 19.9 Å². The summed E-state index contributed by atoms with van der Waals surface area (Å²) in [7, 11) is 0. The van der Waals surface area contributed by atoms with Crippen LogP contribution < -0.4 is 16.4 Å². The van der Waals surface area contributed by atoms with Crippen molar-refractivity contribution in [2.24, 2.45) is 0 Å². The van der Waals surface area contributed by atoms with Gasteiger partial charge < -0.3 is 16.4 Å². The molecule has 0 aliphatic heterocycles. The second-order valence-electron chi connectivity index (χ2n) is 7.57. The van der Waals surface area contributed by atoms with Crippen LogP contribution in [0.25, 0.3) is 0 Å². The van der Waals surface area contributed by atoms with Gasteiger partial charge in [0.2, 0.25) is 11.8 Å². The SMILES string of the molecule is CCCN(CCC)[C@@H](C)C(=O)NC[C@H](C(=O)NCc1cnc(N)s1)c1ccc(F)c(F)c1. The van der Waals surface area contributed by atoms with E-state index in [2.05, 4.69) is 20.5 Å². The fourth-order valence-electron chi connectivity index (χ4n) is 3.38. The fourth-order valence-corrected chi connectivity index (χ4v) is 4.01. The van der Waals surface area contributed by atoms with Crippen LogP contribution >= 0.6 is 11.3 Å². The van der Waals surface area contributed by atoms with Crippen molar-refractivity contribution in [3.8, 4) is 0 Å². The molecule has 0 aliphatic rings. The maximum Gasteiger partial charge on any atom is 0.237 e. The molecule has 0 fully saturated rings. The Balaban J connectivity index is 2.12. The van der Waals surface area contributed by atoms with Crippen LogP contribution in [-0.4, -0.2) is 47.4 Å². The van der Waals surface area contributed by atoms with Gasteiger partial charge in [0.25, 0.3) is 0 Å². The van der Waals surface area contributed by atoms with E-state index >= 15 is 0 Å². The van der Waals surface area contributed by atoms with Gasteiger partial charge in [0, 0.05) is 17.6 Å². The molecule has 0 bridgehead atoms. The first-order valence-corrected chi connectivity index (χ1v) is 11.5. The maximum absolute atomic E-state index is 13.8. The van der Waals surface area contributed by atoms with Crippen LogP contribution in [0.1, 0.15) is 50.0 Å². The molecule has 7 nitrogen and oxygen atoms in total. The first-order valence-electron chi connectivity index (χ1n) is 10.7. The average Bonchev–Trinajstić information content (AvgIpc) is 3.19. The minimum absolute atomic E-state index is 0.0446. The van der Waals surface area contributed by atoms with E-state index in [9.17, 15) is 18.4 Å². The highest BCUT2D eigenvalue weighted by molar-refractivity contribution is 7.15. The normalized spacial score (nSPS) is 13.1. The number of nitrogens with zero attached hydrogens (tertiary/aromatic N) is 2. The molecule has 2 rings (SSSR count). The Morgan fingerprint density at radius 3 is 2.38 bits per heavy atom. The number of nitrogens with one attached hydrogen (secondary N) is 2. The summed E-state index contributed by atoms with van der Waals surface area (Å²) in [5.41, 5.74) is 5.88. The summed E-state index contributed by atoms with van der Waals surface area (Å²) in [5, 5.41) is 5.95. The van der Waals surface area contributed by atoms with Gasteiger partial charge in [0.15, 0.2) is 16.8 Å². The molecular weight excluding hydrogens is 436 g/mol. The zero-order chi connectivity index (χ0) is 23.7. The minimum atomic E-state index is -1.05. The van der Waals surface area contributed by atoms with Crippen LogP contribution in [0.2, 0.25) is 0 Å². The number of hydrogen-bond donors (Lipinski definition) is 3. The Bertz CT molecular complexity index is 902. The highest BCUT2D eigenvalue weighted by Gasteiger charge is 2.25. The van der Waals surface area contributed by atoms with Gasteiger partial charge in [-0.15, -0.1) is 11.3 Å². The summed E-state index contributed by atoms with van der Waals surface area (Å²) >= 11 is 1.24. The third-order valence-electron chi connectivity index (χ3n) is 5.10. The molecule has 2 atom stereocenters. The smallest absolute Gasteiger partial charge is 0.237 e. The summed E-state index contributed by atoms with van der Waals surface area (Å²) in [6.07, 6.45) is 3.39. The largest absolute Gasteiger partial charge is 0.375 e. The number of carbonyl (C=O) groups excluding carboxylic acids is 2. The molecule has 2 amide bonds. The number of anilines is 1. The molecule has 32 heavy (non-hydrogen) atoms. The topological polar surface area (TPSA) is 100 Å². The molecule has 1 heterocycles. The van der Waals surface area contributed by atoms with E-state index in [1.807, 2.05) is 20.8 Å². The third kappa shape index (κ3) is 7.23. The van der Waals surface area contributed by atoms with Crippen LogP contribution in [-0.2, 0) is 16.1 Å². The lowest BCUT2D eigenvalue weighted by molar-refractivity contribution is -0.126. The van der Waals surface area contributed by atoms with Crippen LogP contribution in [0.15, 0.2) is 24.4 Å². The van der Waals surface area contributed by atoms with E-state index in [-0.39, 0.29) is 30.6 Å². The van der Waals surface area contributed by atoms with Gasteiger partial charge in [-0.3, -0.25) is 14.5 Å². The zero-order valence-corrected chi connectivity index (χ0v) is 19.5. The van der Waals surface area contributed by atoms with E-state index in [4.69, 9.17) is 5.73 Å². The molecule has 176 valence electrons. The van der Waals surface area contributed by atoms with E-state index < -0.39 is 23.5 Å². The molecule has 0 spiro atoms. The molecule has 2 aromatic rings. The van der Waals surface area contributed by atoms with Gasteiger partial charge in [0.1, 0.15) is 0 Å². The third-order valence-corrected chi connectivity index (χ3v) is 5.93. The Morgan fingerprint density at radius 2 is 1.81 bits per heavy atom. The summed E-state index contributed by atoms with van der Waals surface area (Å²) < 4.78 is 27.3. The van der Waals surface area contributed by atoms with E-state index in [1.165, 1.54) is 17.4 Å². The minimum Gasteiger partial charge on any atom is -0.375 e. The predicted molar refractivity (Wildman–Crippen MR) is 122 cm³/mol. The molecule has 0 unspecified atom stereocenters. The number of rotatable bonds is 12. The molecule has 0 saturated carbocycles. The first-order chi connectivity index (χ1) is 15.3. The van der Waals surface area contributed by atoms with Crippen molar-refractivity contribution in [3.63, 3.8) is 0 Å². The number of nitrogens with two attached hydrogens (primary N) is 1. The van der Waals surface area contributed by atoms with Gasteiger partial charge in [-0.2, -0.15) is 0 Å². The maximum atomic E-state index is 13.8. The molecule has 10 heteroatoms. The lowest BCUT2D eigenvalue weighted by Crippen LogP contribution is -2.47. The Labute approximate surface area is 191 Å². The first kappa shape index (κ1) is 25.7. The molecule has 1 aromatic carbocycles. The molecule has 0 saturated heterocycles. The molecule has 0 radical (unpaired) electrons. The predicted octanol–water partition coefficient (Wildman–Crippen LogP) is 3.03. The van der Waals surface area contributed by atoms with E-state index in [0.717, 1.165) is 42.9 Å². The lowest BCUT2D eigenvalue weighted by Gasteiger charge is -2.28.